The van der Waals surface area contributed by atoms with Gasteiger partial charge in [-0.3, -0.25) is 0 Å². The zero-order valence-corrected chi connectivity index (χ0v) is 8.73. The van der Waals surface area contributed by atoms with Crippen LogP contribution in [0.3, 0.4) is 0 Å². The summed E-state index contributed by atoms with van der Waals surface area (Å²) in [5.74, 6) is 0. The molecule has 10 heavy (non-hydrogen) atoms. The van der Waals surface area contributed by atoms with Crippen LogP contribution < -0.4 is 0 Å². The molecular formula is C9H15I. The van der Waals surface area contributed by atoms with Gasteiger partial charge in [0.1, 0.15) is 0 Å². The molecule has 0 N–H and O–H groups in total. The third-order valence-electron chi connectivity index (χ3n) is 2.05. The molecule has 0 radical (unpaired) electrons. The summed E-state index contributed by atoms with van der Waals surface area (Å²) in [4.78, 5) is 0. The highest BCUT2D eigenvalue weighted by molar-refractivity contribution is 14.1. The van der Waals surface area contributed by atoms with Crippen molar-refractivity contribution in [2.45, 2.75) is 43.0 Å². The van der Waals surface area contributed by atoms with Crippen molar-refractivity contribution in [1.29, 1.82) is 0 Å². The van der Waals surface area contributed by atoms with Crippen LogP contribution in [-0.2, 0) is 0 Å². The predicted octanol–water partition coefficient (Wildman–Crippen LogP) is 3.70. The summed E-state index contributed by atoms with van der Waals surface area (Å²) in [5.41, 5.74) is 1.70. The summed E-state index contributed by atoms with van der Waals surface area (Å²) in [7, 11) is 0. The fourth-order valence-electron chi connectivity index (χ4n) is 1.16. The van der Waals surface area contributed by atoms with Crippen LogP contribution >= 0.6 is 22.6 Å². The molecule has 1 aliphatic carbocycles. The van der Waals surface area contributed by atoms with Gasteiger partial charge in [-0.1, -0.05) is 54.0 Å². The minimum Gasteiger partial charge on any atom is -0.0839 e. The summed E-state index contributed by atoms with van der Waals surface area (Å²) in [6, 6.07) is 0. The molecular weight excluding hydrogens is 235 g/mol. The summed E-state index contributed by atoms with van der Waals surface area (Å²) in [6.45, 7) is 2.26. The molecule has 0 bridgehead atoms. The highest BCUT2D eigenvalue weighted by Crippen LogP contribution is 2.29. The summed E-state index contributed by atoms with van der Waals surface area (Å²) in [5, 5.41) is 0. The zero-order valence-electron chi connectivity index (χ0n) is 6.57. The molecule has 1 rings (SSSR count). The van der Waals surface area contributed by atoms with E-state index >= 15 is 0 Å². The fourth-order valence-corrected chi connectivity index (χ4v) is 2.17. The second kappa shape index (κ2) is 4.37. The second-order valence-corrected chi connectivity index (χ2v) is 4.43. The molecule has 0 aromatic heterocycles. The third-order valence-corrected chi connectivity index (χ3v) is 3.48. The van der Waals surface area contributed by atoms with E-state index in [1.165, 1.54) is 32.1 Å². The van der Waals surface area contributed by atoms with Gasteiger partial charge < -0.3 is 0 Å². The van der Waals surface area contributed by atoms with Crippen LogP contribution in [0.15, 0.2) is 11.6 Å². The van der Waals surface area contributed by atoms with Crippen LogP contribution in [0, 0.1) is 0 Å². The van der Waals surface area contributed by atoms with Gasteiger partial charge in [0, 0.05) is 3.92 Å². The van der Waals surface area contributed by atoms with E-state index in [2.05, 4.69) is 35.6 Å². The zero-order chi connectivity index (χ0) is 7.40. The van der Waals surface area contributed by atoms with Crippen LogP contribution in [0.1, 0.15) is 39.0 Å². The van der Waals surface area contributed by atoms with E-state index < -0.39 is 0 Å². The molecule has 1 unspecified atom stereocenters. The Labute approximate surface area is 77.2 Å². The van der Waals surface area contributed by atoms with Crippen molar-refractivity contribution < 1.29 is 0 Å². The van der Waals surface area contributed by atoms with E-state index in [1.54, 1.807) is 5.57 Å². The molecule has 0 nitrogen and oxygen atoms in total. The standard InChI is InChI=1S/C9H15I/c1-2-3-7-9(10)8-5-4-6-8/h5,9H,2-4,6-7H2,1H3. The lowest BCUT2D eigenvalue weighted by molar-refractivity contribution is 0.697. The summed E-state index contributed by atoms with van der Waals surface area (Å²) >= 11 is 2.57. The molecule has 1 heteroatoms. The minimum atomic E-state index is 0.853. The van der Waals surface area contributed by atoms with Crippen molar-refractivity contribution in [2.24, 2.45) is 0 Å². The highest BCUT2D eigenvalue weighted by atomic mass is 127. The van der Waals surface area contributed by atoms with Gasteiger partial charge in [-0.25, -0.2) is 0 Å². The lowest BCUT2D eigenvalue weighted by Crippen LogP contribution is -2.07. The van der Waals surface area contributed by atoms with Gasteiger partial charge in [-0.2, -0.15) is 0 Å². The van der Waals surface area contributed by atoms with Gasteiger partial charge in [-0.05, 0) is 19.3 Å². The fraction of sp³-hybridized carbons (Fsp3) is 0.778. The average Bonchev–Trinajstić information content (AvgIpc) is 1.79. The maximum atomic E-state index is 2.57. The monoisotopic (exact) mass is 250 g/mol. The van der Waals surface area contributed by atoms with Crippen LogP contribution in [-0.4, -0.2) is 3.92 Å². The van der Waals surface area contributed by atoms with Crippen molar-refractivity contribution in [3.63, 3.8) is 0 Å². The Bertz CT molecular complexity index is 127. The van der Waals surface area contributed by atoms with E-state index in [-0.39, 0.29) is 0 Å². The van der Waals surface area contributed by atoms with E-state index in [1.807, 2.05) is 0 Å². The normalized spacial score (nSPS) is 19.6. The molecule has 0 aromatic rings. The first kappa shape index (κ1) is 8.57. The minimum absolute atomic E-state index is 0.853. The van der Waals surface area contributed by atoms with Gasteiger partial charge in [0.15, 0.2) is 0 Å². The van der Waals surface area contributed by atoms with Crippen LogP contribution in [0.5, 0.6) is 0 Å². The number of alkyl halides is 1. The van der Waals surface area contributed by atoms with Gasteiger partial charge >= 0.3 is 0 Å². The predicted molar refractivity (Wildman–Crippen MR) is 54.7 cm³/mol. The second-order valence-electron chi connectivity index (χ2n) is 2.93. The summed E-state index contributed by atoms with van der Waals surface area (Å²) in [6.07, 6.45) is 9.23. The number of hydrogen-bond acceptors (Lipinski definition) is 0. The molecule has 1 aliphatic rings. The van der Waals surface area contributed by atoms with Gasteiger partial charge in [0.05, 0.1) is 0 Å². The van der Waals surface area contributed by atoms with Gasteiger partial charge in [0.25, 0.3) is 0 Å². The Morgan fingerprint density at radius 3 is 2.80 bits per heavy atom. The van der Waals surface area contributed by atoms with Crippen molar-refractivity contribution in [3.8, 4) is 0 Å². The first-order valence-electron chi connectivity index (χ1n) is 4.17. The van der Waals surface area contributed by atoms with Crippen LogP contribution in [0.25, 0.3) is 0 Å². The maximum absolute atomic E-state index is 2.57. The Morgan fingerprint density at radius 1 is 1.70 bits per heavy atom. The Hall–Kier alpha value is 0.470. The van der Waals surface area contributed by atoms with E-state index in [9.17, 15) is 0 Å². The molecule has 1 atom stereocenters. The first-order valence-corrected chi connectivity index (χ1v) is 5.42. The van der Waals surface area contributed by atoms with Crippen molar-refractivity contribution in [2.75, 3.05) is 0 Å². The molecule has 0 aliphatic heterocycles. The number of halogens is 1. The molecule has 0 fully saturated rings. The summed E-state index contributed by atoms with van der Waals surface area (Å²) < 4.78 is 0.853. The van der Waals surface area contributed by atoms with Crippen molar-refractivity contribution in [1.82, 2.24) is 0 Å². The van der Waals surface area contributed by atoms with Crippen molar-refractivity contribution in [3.05, 3.63) is 11.6 Å². The number of hydrogen-bond donors (Lipinski definition) is 0. The van der Waals surface area contributed by atoms with E-state index in [0.29, 0.717) is 0 Å². The molecule has 0 spiro atoms. The third kappa shape index (κ3) is 2.26. The van der Waals surface area contributed by atoms with Crippen LogP contribution in [0.2, 0.25) is 0 Å². The number of rotatable bonds is 4. The molecule has 0 aromatic carbocycles. The molecule has 58 valence electrons. The lowest BCUT2D eigenvalue weighted by atomic mass is 9.94. The highest BCUT2D eigenvalue weighted by Gasteiger charge is 2.13. The molecule has 0 saturated heterocycles. The quantitative estimate of drug-likeness (QED) is 0.405. The van der Waals surface area contributed by atoms with Gasteiger partial charge in [-0.15, -0.1) is 0 Å². The Morgan fingerprint density at radius 2 is 2.40 bits per heavy atom. The van der Waals surface area contributed by atoms with Crippen molar-refractivity contribution >= 4 is 22.6 Å². The van der Waals surface area contributed by atoms with E-state index in [4.69, 9.17) is 0 Å². The molecule has 0 heterocycles. The topological polar surface area (TPSA) is 0 Å². The SMILES string of the molecule is CCCCC(I)C1=CCC1. The van der Waals surface area contributed by atoms with Gasteiger partial charge in [0.2, 0.25) is 0 Å². The number of unbranched alkanes of at least 4 members (excludes halogenated alkanes) is 1. The lowest BCUT2D eigenvalue weighted by Gasteiger charge is -2.19. The first-order chi connectivity index (χ1) is 4.84. The smallest absolute Gasteiger partial charge is 0.0318 e. The van der Waals surface area contributed by atoms with Crippen LogP contribution in [0.4, 0.5) is 0 Å². The molecule has 0 saturated carbocycles. The maximum Gasteiger partial charge on any atom is 0.0318 e. The molecule has 0 amide bonds. The Kier molecular flexibility index (Phi) is 3.74. The average molecular weight is 250 g/mol. The largest absolute Gasteiger partial charge is 0.0839 e. The Balaban J connectivity index is 2.14. The number of allylic oxidation sites excluding steroid dienone is 2. The van der Waals surface area contributed by atoms with E-state index in [0.717, 1.165) is 3.92 Å².